The zero-order valence-corrected chi connectivity index (χ0v) is 14.2. The average Bonchev–Trinajstić information content (AvgIpc) is 3.20. The lowest BCUT2D eigenvalue weighted by Crippen LogP contribution is -2.46. The van der Waals surface area contributed by atoms with E-state index >= 15 is 0 Å². The standard InChI is InChI=1S/C17H26N2OS/c1-4-19-9-7-13(8-10-19)18(3)17(20)15-11-14(15)16-6-5-12(2)21-16/h5-6,13-15H,4,7-11H2,1-3H3/t14-,15+/m0/s1. The van der Waals surface area contributed by atoms with Gasteiger partial charge in [-0.15, -0.1) is 11.3 Å². The molecule has 3 rings (SSSR count). The largest absolute Gasteiger partial charge is 0.342 e. The van der Waals surface area contributed by atoms with Gasteiger partial charge in [-0.05, 0) is 44.9 Å². The van der Waals surface area contributed by atoms with Crippen LogP contribution in [0.15, 0.2) is 12.1 Å². The molecule has 1 aromatic heterocycles. The van der Waals surface area contributed by atoms with Crippen molar-refractivity contribution in [2.75, 3.05) is 26.7 Å². The molecule has 3 nitrogen and oxygen atoms in total. The van der Waals surface area contributed by atoms with E-state index in [0.29, 0.717) is 17.9 Å². The van der Waals surface area contributed by atoms with E-state index in [1.807, 2.05) is 18.4 Å². The molecular weight excluding hydrogens is 280 g/mol. The Labute approximate surface area is 131 Å². The van der Waals surface area contributed by atoms with E-state index in [9.17, 15) is 4.79 Å². The van der Waals surface area contributed by atoms with Gasteiger partial charge in [0.1, 0.15) is 0 Å². The molecule has 2 heterocycles. The zero-order chi connectivity index (χ0) is 15.0. The summed E-state index contributed by atoms with van der Waals surface area (Å²) in [4.78, 5) is 19.9. The summed E-state index contributed by atoms with van der Waals surface area (Å²) in [6.45, 7) is 7.76. The maximum absolute atomic E-state index is 12.7. The molecule has 0 N–H and O–H groups in total. The Balaban J connectivity index is 1.54. The third-order valence-corrected chi connectivity index (χ3v) is 6.27. The van der Waals surface area contributed by atoms with Crippen LogP contribution in [0.25, 0.3) is 0 Å². The number of piperidine rings is 1. The summed E-state index contributed by atoms with van der Waals surface area (Å²) in [5.41, 5.74) is 0. The first-order chi connectivity index (χ1) is 10.1. The number of likely N-dealkylation sites (tertiary alicyclic amines) is 1. The van der Waals surface area contributed by atoms with Crippen molar-refractivity contribution in [1.82, 2.24) is 9.80 Å². The van der Waals surface area contributed by atoms with Crippen LogP contribution >= 0.6 is 11.3 Å². The monoisotopic (exact) mass is 306 g/mol. The molecule has 0 spiro atoms. The van der Waals surface area contributed by atoms with E-state index in [-0.39, 0.29) is 5.92 Å². The summed E-state index contributed by atoms with van der Waals surface area (Å²) in [5.74, 6) is 1.12. The van der Waals surface area contributed by atoms with Gasteiger partial charge in [0.05, 0.1) is 0 Å². The Morgan fingerprint density at radius 3 is 2.67 bits per heavy atom. The molecule has 1 amide bonds. The lowest BCUT2D eigenvalue weighted by molar-refractivity contribution is -0.134. The van der Waals surface area contributed by atoms with Crippen molar-refractivity contribution in [3.05, 3.63) is 21.9 Å². The Morgan fingerprint density at radius 2 is 2.10 bits per heavy atom. The number of rotatable bonds is 4. The average molecular weight is 306 g/mol. The van der Waals surface area contributed by atoms with Crippen LogP contribution in [0.3, 0.4) is 0 Å². The third-order valence-electron chi connectivity index (χ3n) is 5.13. The zero-order valence-electron chi connectivity index (χ0n) is 13.3. The summed E-state index contributed by atoms with van der Waals surface area (Å²) in [6, 6.07) is 4.83. The smallest absolute Gasteiger partial charge is 0.226 e. The van der Waals surface area contributed by atoms with Crippen LogP contribution in [0.1, 0.15) is 41.9 Å². The van der Waals surface area contributed by atoms with Crippen LogP contribution in [0.5, 0.6) is 0 Å². The van der Waals surface area contributed by atoms with E-state index in [1.165, 1.54) is 9.75 Å². The van der Waals surface area contributed by atoms with Gasteiger partial charge < -0.3 is 9.80 Å². The second kappa shape index (κ2) is 6.09. The highest BCUT2D eigenvalue weighted by Gasteiger charge is 2.46. The van der Waals surface area contributed by atoms with Crippen molar-refractivity contribution in [2.45, 2.75) is 45.1 Å². The highest BCUT2D eigenvalue weighted by molar-refractivity contribution is 7.12. The topological polar surface area (TPSA) is 23.6 Å². The molecule has 0 radical (unpaired) electrons. The van der Waals surface area contributed by atoms with Gasteiger partial charge in [-0.25, -0.2) is 0 Å². The number of hydrogen-bond donors (Lipinski definition) is 0. The SMILES string of the molecule is CCN1CCC(N(C)C(=O)[C@@H]2C[C@@H]2c2ccc(C)s2)CC1. The Morgan fingerprint density at radius 1 is 1.38 bits per heavy atom. The van der Waals surface area contributed by atoms with Gasteiger partial charge in [0, 0.05) is 47.8 Å². The summed E-state index contributed by atoms with van der Waals surface area (Å²) >= 11 is 1.85. The number of hydrogen-bond acceptors (Lipinski definition) is 3. The molecule has 1 saturated carbocycles. The Kier molecular flexibility index (Phi) is 4.36. The number of carbonyl (C=O) groups is 1. The van der Waals surface area contributed by atoms with Crippen LogP contribution in [0.4, 0.5) is 0 Å². The summed E-state index contributed by atoms with van der Waals surface area (Å²) in [5, 5.41) is 0. The van der Waals surface area contributed by atoms with Crippen molar-refractivity contribution in [3.8, 4) is 0 Å². The van der Waals surface area contributed by atoms with E-state index in [1.54, 1.807) is 0 Å². The maximum Gasteiger partial charge on any atom is 0.226 e. The molecule has 1 saturated heterocycles. The first-order valence-electron chi connectivity index (χ1n) is 8.15. The normalized spacial score (nSPS) is 26.8. The molecule has 116 valence electrons. The second-order valence-electron chi connectivity index (χ2n) is 6.51. The van der Waals surface area contributed by atoms with Crippen molar-refractivity contribution in [3.63, 3.8) is 0 Å². The van der Waals surface area contributed by atoms with Crippen molar-refractivity contribution < 1.29 is 4.79 Å². The maximum atomic E-state index is 12.7. The van der Waals surface area contributed by atoms with Gasteiger partial charge in [-0.1, -0.05) is 6.92 Å². The van der Waals surface area contributed by atoms with Gasteiger partial charge in [0.2, 0.25) is 5.91 Å². The fourth-order valence-electron chi connectivity index (χ4n) is 3.50. The Hall–Kier alpha value is -0.870. The number of carbonyl (C=O) groups excluding carboxylic acids is 1. The lowest BCUT2D eigenvalue weighted by Gasteiger charge is -2.36. The second-order valence-corrected chi connectivity index (χ2v) is 7.83. The van der Waals surface area contributed by atoms with Crippen LogP contribution in [-0.2, 0) is 4.79 Å². The molecule has 2 aliphatic rings. The van der Waals surface area contributed by atoms with Gasteiger partial charge in [0.15, 0.2) is 0 Å². The molecule has 0 bridgehead atoms. The minimum Gasteiger partial charge on any atom is -0.342 e. The molecule has 0 aromatic carbocycles. The molecule has 4 heteroatoms. The number of aryl methyl sites for hydroxylation is 1. The summed E-state index contributed by atoms with van der Waals surface area (Å²) < 4.78 is 0. The van der Waals surface area contributed by atoms with Gasteiger partial charge in [-0.3, -0.25) is 4.79 Å². The van der Waals surface area contributed by atoms with Crippen LogP contribution < -0.4 is 0 Å². The molecule has 1 aliphatic heterocycles. The van der Waals surface area contributed by atoms with Crippen LogP contribution in [-0.4, -0.2) is 48.4 Å². The first-order valence-corrected chi connectivity index (χ1v) is 8.97. The van der Waals surface area contributed by atoms with E-state index in [0.717, 1.165) is 38.9 Å². The van der Waals surface area contributed by atoms with E-state index in [2.05, 4.69) is 35.8 Å². The lowest BCUT2D eigenvalue weighted by atomic mass is 10.0. The quantitative estimate of drug-likeness (QED) is 0.853. The first kappa shape index (κ1) is 15.0. The molecular formula is C17H26N2OS. The molecule has 21 heavy (non-hydrogen) atoms. The minimum atomic E-state index is 0.247. The van der Waals surface area contributed by atoms with Gasteiger partial charge in [0.25, 0.3) is 0 Å². The number of amides is 1. The highest BCUT2D eigenvalue weighted by atomic mass is 32.1. The predicted octanol–water partition coefficient (Wildman–Crippen LogP) is 3.10. The molecule has 2 fully saturated rings. The number of thiophene rings is 1. The fraction of sp³-hybridized carbons (Fsp3) is 0.706. The summed E-state index contributed by atoms with van der Waals surface area (Å²) in [6.07, 6.45) is 3.31. The van der Waals surface area contributed by atoms with Crippen LogP contribution in [0, 0.1) is 12.8 Å². The highest BCUT2D eigenvalue weighted by Crippen LogP contribution is 2.50. The van der Waals surface area contributed by atoms with Crippen LogP contribution in [0.2, 0.25) is 0 Å². The molecule has 2 atom stereocenters. The Bertz CT molecular complexity index is 505. The fourth-order valence-corrected chi connectivity index (χ4v) is 4.56. The van der Waals surface area contributed by atoms with E-state index in [4.69, 9.17) is 0 Å². The molecule has 0 unspecified atom stereocenters. The minimum absolute atomic E-state index is 0.247. The van der Waals surface area contributed by atoms with Crippen molar-refractivity contribution in [2.24, 2.45) is 5.92 Å². The van der Waals surface area contributed by atoms with Crippen molar-refractivity contribution in [1.29, 1.82) is 0 Å². The third kappa shape index (κ3) is 3.16. The van der Waals surface area contributed by atoms with Crippen molar-refractivity contribution >= 4 is 17.2 Å². The molecule has 1 aliphatic carbocycles. The van der Waals surface area contributed by atoms with Gasteiger partial charge in [-0.2, -0.15) is 0 Å². The van der Waals surface area contributed by atoms with Gasteiger partial charge >= 0.3 is 0 Å². The predicted molar refractivity (Wildman–Crippen MR) is 87.8 cm³/mol. The summed E-state index contributed by atoms with van der Waals surface area (Å²) in [7, 11) is 2.02. The molecule has 1 aromatic rings. The van der Waals surface area contributed by atoms with E-state index < -0.39 is 0 Å². The number of nitrogens with zero attached hydrogens (tertiary/aromatic N) is 2.